The van der Waals surface area contributed by atoms with E-state index in [9.17, 15) is 14.3 Å². The molecule has 1 aromatic heterocycles. The molecule has 1 heterocycles. The first kappa shape index (κ1) is 23.5. The van der Waals surface area contributed by atoms with E-state index in [1.54, 1.807) is 6.07 Å². The lowest BCUT2D eigenvalue weighted by Gasteiger charge is -2.54. The van der Waals surface area contributed by atoms with E-state index < -0.39 is 11.7 Å². The number of nitrogens with one attached hydrogen (secondary N) is 1. The lowest BCUT2D eigenvalue weighted by Crippen LogP contribution is -2.49. The number of aromatic hydroxyl groups is 1. The highest BCUT2D eigenvalue weighted by Crippen LogP contribution is 2.56. The Morgan fingerprint density at radius 3 is 2.40 bits per heavy atom. The molecule has 2 fully saturated rings. The molecule has 2 aliphatic rings. The van der Waals surface area contributed by atoms with Crippen molar-refractivity contribution >= 4 is 22.5 Å². The minimum absolute atomic E-state index is 0.00308. The number of hydrogen-bond donors (Lipinski definition) is 2. The predicted molar refractivity (Wildman–Crippen MR) is 136 cm³/mol. The van der Waals surface area contributed by atoms with Crippen LogP contribution in [0.1, 0.15) is 62.7 Å². The van der Waals surface area contributed by atoms with Crippen LogP contribution in [0.15, 0.2) is 36.4 Å². The molecule has 3 aromatic rings. The number of halogens is 1. The third-order valence-electron chi connectivity index (χ3n) is 8.22. The Balaban J connectivity index is 1.41. The van der Waals surface area contributed by atoms with Crippen LogP contribution in [-0.2, 0) is 0 Å². The number of hydrogen-bond acceptors (Lipinski definition) is 5. The van der Waals surface area contributed by atoms with Gasteiger partial charge in [-0.15, -0.1) is 10.2 Å². The van der Waals surface area contributed by atoms with Gasteiger partial charge in [-0.3, -0.25) is 4.79 Å². The summed E-state index contributed by atoms with van der Waals surface area (Å²) in [7, 11) is 3.55. The number of phenols is 1. The zero-order valence-corrected chi connectivity index (χ0v) is 20.9. The van der Waals surface area contributed by atoms with Gasteiger partial charge in [0.15, 0.2) is 5.82 Å². The van der Waals surface area contributed by atoms with Crippen molar-refractivity contribution in [2.24, 2.45) is 10.8 Å². The summed E-state index contributed by atoms with van der Waals surface area (Å²) < 4.78 is 14.5. The Kier molecular flexibility index (Phi) is 5.69. The van der Waals surface area contributed by atoms with Crippen LogP contribution in [0.4, 0.5) is 10.2 Å². The number of amides is 1. The molecule has 7 heteroatoms. The average Bonchev–Trinajstić information content (AvgIpc) is 2.81. The lowest BCUT2D eigenvalue weighted by atomic mass is 9.55. The van der Waals surface area contributed by atoms with Crippen molar-refractivity contribution in [3.05, 3.63) is 47.8 Å². The van der Waals surface area contributed by atoms with Crippen LogP contribution in [0.3, 0.4) is 0 Å². The van der Waals surface area contributed by atoms with Crippen molar-refractivity contribution < 1.29 is 14.3 Å². The third kappa shape index (κ3) is 4.32. The molecule has 1 amide bonds. The molecular formula is C28H33FN4O2. The zero-order chi connectivity index (χ0) is 25.0. The summed E-state index contributed by atoms with van der Waals surface area (Å²) in [6, 6.07) is 10.2. The highest BCUT2D eigenvalue weighted by molar-refractivity contribution is 6.00. The highest BCUT2D eigenvalue weighted by Gasteiger charge is 2.47. The van der Waals surface area contributed by atoms with Crippen LogP contribution in [0.2, 0.25) is 0 Å². The van der Waals surface area contributed by atoms with Crippen molar-refractivity contribution in [3.63, 3.8) is 0 Å². The van der Waals surface area contributed by atoms with Gasteiger partial charge in [0, 0.05) is 25.7 Å². The normalized spacial score (nSPS) is 25.9. The van der Waals surface area contributed by atoms with Gasteiger partial charge in [0.05, 0.1) is 11.3 Å². The molecule has 3 atom stereocenters. The number of carbonyl (C=O) groups is 1. The zero-order valence-electron chi connectivity index (χ0n) is 20.9. The van der Waals surface area contributed by atoms with E-state index in [0.29, 0.717) is 38.9 Å². The molecule has 0 aliphatic heterocycles. The standard InChI is InChI=1S/C28H33FN4O2/c1-27-8-5-9-28(2,16-27)15-19(14-27)33(4)25-7-6-23(31-32-25)21-11-17-12-22(29)20(26(35)30-3)10-18(17)13-24(21)34/h6-7,10-13,19,34H,5,8-9,14-16H2,1-4H3,(H,30,35)/t19-,27-,28+. The van der Waals surface area contributed by atoms with Gasteiger partial charge in [0.25, 0.3) is 5.91 Å². The first-order valence-electron chi connectivity index (χ1n) is 12.4. The van der Waals surface area contributed by atoms with Gasteiger partial charge in [-0.2, -0.15) is 0 Å². The van der Waals surface area contributed by atoms with Gasteiger partial charge in [0.2, 0.25) is 0 Å². The van der Waals surface area contributed by atoms with Crippen LogP contribution in [0.25, 0.3) is 22.0 Å². The molecule has 2 bridgehead atoms. The number of benzene rings is 2. The summed E-state index contributed by atoms with van der Waals surface area (Å²) in [5.41, 5.74) is 1.70. The summed E-state index contributed by atoms with van der Waals surface area (Å²) in [6.07, 6.45) is 7.55. The fraction of sp³-hybridized carbons (Fsp3) is 0.464. The Hall–Kier alpha value is -3.22. The van der Waals surface area contributed by atoms with Crippen LogP contribution in [-0.4, -0.2) is 41.3 Å². The molecule has 2 aliphatic carbocycles. The molecule has 0 unspecified atom stereocenters. The van der Waals surface area contributed by atoms with Crippen molar-refractivity contribution in [1.82, 2.24) is 15.5 Å². The van der Waals surface area contributed by atoms with E-state index in [1.807, 2.05) is 12.1 Å². The number of fused-ring (bicyclic) bond motifs is 3. The SMILES string of the molecule is CNC(=O)c1cc2cc(O)c(-c3ccc(N(C)[C@H]4C[C@]5(C)CCC[C@](C)(C4)C5)nn3)cc2cc1F. The molecular weight excluding hydrogens is 443 g/mol. The Bertz CT molecular complexity index is 1280. The number of aromatic nitrogens is 2. The second-order valence-electron chi connectivity index (χ2n) is 11.2. The van der Waals surface area contributed by atoms with Gasteiger partial charge in [0.1, 0.15) is 11.6 Å². The molecule has 0 radical (unpaired) electrons. The molecule has 2 aromatic carbocycles. The quantitative estimate of drug-likeness (QED) is 0.506. The van der Waals surface area contributed by atoms with E-state index in [1.165, 1.54) is 50.9 Å². The number of phenolic OH excluding ortho intramolecular Hbond substituents is 1. The first-order chi connectivity index (χ1) is 16.6. The van der Waals surface area contributed by atoms with Gasteiger partial charge < -0.3 is 15.3 Å². The van der Waals surface area contributed by atoms with E-state index in [0.717, 1.165) is 18.7 Å². The minimum atomic E-state index is -0.615. The molecule has 35 heavy (non-hydrogen) atoms. The number of anilines is 1. The number of nitrogens with zero attached hydrogens (tertiary/aromatic N) is 3. The van der Waals surface area contributed by atoms with Crippen molar-refractivity contribution in [2.45, 2.75) is 58.4 Å². The topological polar surface area (TPSA) is 78.4 Å². The van der Waals surface area contributed by atoms with E-state index in [-0.39, 0.29) is 11.3 Å². The van der Waals surface area contributed by atoms with Crippen LogP contribution in [0.5, 0.6) is 5.75 Å². The maximum Gasteiger partial charge on any atom is 0.254 e. The summed E-state index contributed by atoms with van der Waals surface area (Å²) in [4.78, 5) is 14.2. The van der Waals surface area contributed by atoms with Crippen molar-refractivity contribution in [1.29, 1.82) is 0 Å². The van der Waals surface area contributed by atoms with Gasteiger partial charge in [-0.25, -0.2) is 4.39 Å². The summed E-state index contributed by atoms with van der Waals surface area (Å²) in [5, 5.41) is 23.2. The fourth-order valence-electron chi connectivity index (χ4n) is 6.65. The van der Waals surface area contributed by atoms with Crippen LogP contribution in [0, 0.1) is 16.6 Å². The minimum Gasteiger partial charge on any atom is -0.507 e. The van der Waals surface area contributed by atoms with Gasteiger partial charge in [-0.05, 0) is 90.1 Å². The molecule has 2 N–H and O–H groups in total. The maximum absolute atomic E-state index is 14.5. The predicted octanol–water partition coefficient (Wildman–Crippen LogP) is 5.69. The summed E-state index contributed by atoms with van der Waals surface area (Å²) in [6.45, 7) is 4.87. The lowest BCUT2D eigenvalue weighted by molar-refractivity contribution is 0.0141. The largest absolute Gasteiger partial charge is 0.507 e. The molecule has 2 saturated carbocycles. The maximum atomic E-state index is 14.5. The van der Waals surface area contributed by atoms with Crippen molar-refractivity contribution in [3.8, 4) is 17.0 Å². The van der Waals surface area contributed by atoms with Gasteiger partial charge in [-0.1, -0.05) is 20.3 Å². The Morgan fingerprint density at radius 2 is 1.77 bits per heavy atom. The fourth-order valence-corrected chi connectivity index (χ4v) is 6.65. The molecule has 6 nitrogen and oxygen atoms in total. The molecule has 0 spiro atoms. The highest BCUT2D eigenvalue weighted by atomic mass is 19.1. The number of rotatable bonds is 4. The Morgan fingerprint density at radius 1 is 1.09 bits per heavy atom. The first-order valence-corrected chi connectivity index (χ1v) is 12.4. The second-order valence-corrected chi connectivity index (χ2v) is 11.2. The summed E-state index contributed by atoms with van der Waals surface area (Å²) in [5.74, 6) is -0.310. The summed E-state index contributed by atoms with van der Waals surface area (Å²) >= 11 is 0. The van der Waals surface area contributed by atoms with Crippen molar-refractivity contribution in [2.75, 3.05) is 19.0 Å². The van der Waals surface area contributed by atoms with E-state index >= 15 is 0 Å². The second kappa shape index (κ2) is 8.47. The molecule has 184 valence electrons. The molecule has 0 saturated heterocycles. The van der Waals surface area contributed by atoms with E-state index in [4.69, 9.17) is 0 Å². The van der Waals surface area contributed by atoms with Gasteiger partial charge >= 0.3 is 0 Å². The monoisotopic (exact) mass is 476 g/mol. The number of carbonyl (C=O) groups excluding carboxylic acids is 1. The Labute approximate surface area is 205 Å². The van der Waals surface area contributed by atoms with Crippen LogP contribution < -0.4 is 10.2 Å². The van der Waals surface area contributed by atoms with E-state index in [2.05, 4.69) is 41.3 Å². The third-order valence-corrected chi connectivity index (χ3v) is 8.22. The van der Waals surface area contributed by atoms with Crippen LogP contribution >= 0.6 is 0 Å². The molecule has 5 rings (SSSR count). The smallest absolute Gasteiger partial charge is 0.254 e. The average molecular weight is 477 g/mol.